The van der Waals surface area contributed by atoms with E-state index in [9.17, 15) is 0 Å². The molecule has 0 radical (unpaired) electrons. The normalized spacial score (nSPS) is 19.6. The summed E-state index contributed by atoms with van der Waals surface area (Å²) >= 11 is 0. The number of methoxy groups -OCH3 is 3. The van der Waals surface area contributed by atoms with Gasteiger partial charge in [-0.05, 0) is 26.3 Å². The maximum Gasteiger partial charge on any atom is 0.203 e. The quantitative estimate of drug-likeness (QED) is 0.923. The first-order valence-corrected chi connectivity index (χ1v) is 7.48. The minimum Gasteiger partial charge on any atom is -0.493 e. The fourth-order valence-corrected chi connectivity index (χ4v) is 2.69. The SMILES string of the molecule is COc1cc(N2CCCNC(C)CC2)cc(OC)c1OC. The van der Waals surface area contributed by atoms with Crippen molar-refractivity contribution in [2.45, 2.75) is 25.8 Å². The molecule has 1 fully saturated rings. The largest absolute Gasteiger partial charge is 0.493 e. The molecule has 1 aromatic carbocycles. The van der Waals surface area contributed by atoms with Gasteiger partial charge in [0.05, 0.1) is 21.3 Å². The highest BCUT2D eigenvalue weighted by molar-refractivity contribution is 5.63. The van der Waals surface area contributed by atoms with E-state index in [0.717, 1.165) is 38.2 Å². The Labute approximate surface area is 127 Å². The van der Waals surface area contributed by atoms with Crippen molar-refractivity contribution >= 4 is 5.69 Å². The third kappa shape index (κ3) is 3.73. The Balaban J connectivity index is 2.29. The molecule has 21 heavy (non-hydrogen) atoms. The molecule has 0 spiro atoms. The van der Waals surface area contributed by atoms with Crippen LogP contribution >= 0.6 is 0 Å². The highest BCUT2D eigenvalue weighted by Crippen LogP contribution is 2.41. The predicted octanol–water partition coefficient (Wildman–Crippen LogP) is 2.29. The van der Waals surface area contributed by atoms with E-state index < -0.39 is 0 Å². The lowest BCUT2D eigenvalue weighted by Gasteiger charge is -2.30. The highest BCUT2D eigenvalue weighted by atomic mass is 16.5. The van der Waals surface area contributed by atoms with Crippen LogP contribution in [0.25, 0.3) is 0 Å². The van der Waals surface area contributed by atoms with Crippen molar-refractivity contribution in [2.75, 3.05) is 45.9 Å². The Morgan fingerprint density at radius 1 is 1.05 bits per heavy atom. The van der Waals surface area contributed by atoms with Crippen molar-refractivity contribution in [3.05, 3.63) is 12.1 Å². The molecule has 0 aliphatic carbocycles. The van der Waals surface area contributed by atoms with Crippen molar-refractivity contribution in [3.8, 4) is 17.2 Å². The molecular weight excluding hydrogens is 268 g/mol. The van der Waals surface area contributed by atoms with Crippen LogP contribution in [0.15, 0.2) is 12.1 Å². The summed E-state index contributed by atoms with van der Waals surface area (Å²) in [5.74, 6) is 2.06. The van der Waals surface area contributed by atoms with E-state index in [-0.39, 0.29) is 0 Å². The number of ether oxygens (including phenoxy) is 3. The molecule has 1 saturated heterocycles. The number of nitrogens with one attached hydrogen (secondary N) is 1. The topological polar surface area (TPSA) is 43.0 Å². The molecule has 0 aromatic heterocycles. The molecule has 0 amide bonds. The summed E-state index contributed by atoms with van der Waals surface area (Å²) in [5.41, 5.74) is 1.12. The summed E-state index contributed by atoms with van der Waals surface area (Å²) in [7, 11) is 4.94. The molecule has 118 valence electrons. The first-order valence-electron chi connectivity index (χ1n) is 7.48. The Morgan fingerprint density at radius 2 is 1.71 bits per heavy atom. The van der Waals surface area contributed by atoms with E-state index in [0.29, 0.717) is 23.3 Å². The van der Waals surface area contributed by atoms with Crippen molar-refractivity contribution in [2.24, 2.45) is 0 Å². The smallest absolute Gasteiger partial charge is 0.203 e. The van der Waals surface area contributed by atoms with Gasteiger partial charge in [-0.1, -0.05) is 0 Å². The van der Waals surface area contributed by atoms with E-state index >= 15 is 0 Å². The van der Waals surface area contributed by atoms with Gasteiger partial charge in [-0.25, -0.2) is 0 Å². The van der Waals surface area contributed by atoms with Gasteiger partial charge in [0.15, 0.2) is 11.5 Å². The summed E-state index contributed by atoms with van der Waals surface area (Å²) in [6.07, 6.45) is 2.25. The molecule has 5 heteroatoms. The van der Waals surface area contributed by atoms with Crippen LogP contribution in [0.5, 0.6) is 17.2 Å². The Hall–Kier alpha value is -1.62. The average Bonchev–Trinajstić information content (AvgIpc) is 2.49. The van der Waals surface area contributed by atoms with Crippen LogP contribution in [0, 0.1) is 0 Å². The van der Waals surface area contributed by atoms with Crippen LogP contribution in [0.2, 0.25) is 0 Å². The average molecular weight is 294 g/mol. The molecular formula is C16H26N2O3. The molecule has 1 aliphatic rings. The molecule has 0 bridgehead atoms. The van der Waals surface area contributed by atoms with Gasteiger partial charge in [0.2, 0.25) is 5.75 Å². The van der Waals surface area contributed by atoms with Gasteiger partial charge in [-0.15, -0.1) is 0 Å². The van der Waals surface area contributed by atoms with E-state index in [2.05, 4.69) is 17.1 Å². The molecule has 1 N–H and O–H groups in total. The standard InChI is InChI=1S/C16H26N2O3/c1-12-6-9-18(8-5-7-17-12)13-10-14(19-2)16(21-4)15(11-13)20-3/h10-12,17H,5-9H2,1-4H3. The maximum atomic E-state index is 5.44. The van der Waals surface area contributed by atoms with Gasteiger partial charge >= 0.3 is 0 Å². The Morgan fingerprint density at radius 3 is 2.29 bits per heavy atom. The minimum atomic E-state index is 0.551. The second-order valence-electron chi connectivity index (χ2n) is 5.37. The van der Waals surface area contributed by atoms with Crippen LogP contribution < -0.4 is 24.4 Å². The molecule has 2 rings (SSSR count). The third-order valence-corrected chi connectivity index (χ3v) is 3.94. The number of anilines is 1. The first-order chi connectivity index (χ1) is 10.2. The maximum absolute atomic E-state index is 5.44. The molecule has 1 heterocycles. The van der Waals surface area contributed by atoms with E-state index in [1.807, 2.05) is 12.1 Å². The zero-order valence-corrected chi connectivity index (χ0v) is 13.4. The van der Waals surface area contributed by atoms with Crippen molar-refractivity contribution in [1.29, 1.82) is 0 Å². The fraction of sp³-hybridized carbons (Fsp3) is 0.625. The van der Waals surface area contributed by atoms with Crippen molar-refractivity contribution in [1.82, 2.24) is 5.32 Å². The lowest BCUT2D eigenvalue weighted by molar-refractivity contribution is 0.324. The van der Waals surface area contributed by atoms with Gasteiger partial charge in [0.25, 0.3) is 0 Å². The summed E-state index contributed by atoms with van der Waals surface area (Å²) in [6.45, 7) is 5.34. The predicted molar refractivity (Wildman–Crippen MR) is 85.0 cm³/mol. The summed E-state index contributed by atoms with van der Waals surface area (Å²) in [4.78, 5) is 2.39. The first kappa shape index (κ1) is 15.8. The number of rotatable bonds is 4. The number of nitrogens with zero attached hydrogens (tertiary/aromatic N) is 1. The van der Waals surface area contributed by atoms with Gasteiger partial charge in [0.1, 0.15) is 0 Å². The molecule has 0 saturated carbocycles. The molecule has 1 atom stereocenters. The summed E-state index contributed by atoms with van der Waals surface area (Å²) in [5, 5.41) is 3.52. The van der Waals surface area contributed by atoms with Crippen LogP contribution in [-0.2, 0) is 0 Å². The van der Waals surface area contributed by atoms with Crippen LogP contribution in [0.4, 0.5) is 5.69 Å². The molecule has 5 nitrogen and oxygen atoms in total. The second-order valence-corrected chi connectivity index (χ2v) is 5.37. The minimum absolute atomic E-state index is 0.551. The number of hydrogen-bond donors (Lipinski definition) is 1. The summed E-state index contributed by atoms with van der Waals surface area (Å²) < 4.78 is 16.3. The zero-order chi connectivity index (χ0) is 15.2. The molecule has 1 aromatic rings. The van der Waals surface area contributed by atoms with Crippen LogP contribution in [0.1, 0.15) is 19.8 Å². The highest BCUT2D eigenvalue weighted by Gasteiger charge is 2.18. The van der Waals surface area contributed by atoms with Crippen LogP contribution in [0.3, 0.4) is 0 Å². The lowest BCUT2D eigenvalue weighted by Crippen LogP contribution is -2.38. The van der Waals surface area contributed by atoms with E-state index in [1.165, 1.54) is 0 Å². The Kier molecular flexibility index (Phi) is 5.56. The van der Waals surface area contributed by atoms with E-state index in [1.54, 1.807) is 21.3 Å². The molecule has 1 aliphatic heterocycles. The van der Waals surface area contributed by atoms with Crippen molar-refractivity contribution < 1.29 is 14.2 Å². The number of benzene rings is 1. The van der Waals surface area contributed by atoms with Crippen LogP contribution in [-0.4, -0.2) is 47.0 Å². The zero-order valence-electron chi connectivity index (χ0n) is 13.4. The third-order valence-electron chi connectivity index (χ3n) is 3.94. The lowest BCUT2D eigenvalue weighted by atomic mass is 10.1. The second kappa shape index (κ2) is 7.41. The van der Waals surface area contributed by atoms with Gasteiger partial charge in [0, 0.05) is 37.0 Å². The molecule has 1 unspecified atom stereocenters. The van der Waals surface area contributed by atoms with Gasteiger partial charge in [-0.3, -0.25) is 0 Å². The van der Waals surface area contributed by atoms with Crippen molar-refractivity contribution in [3.63, 3.8) is 0 Å². The van der Waals surface area contributed by atoms with E-state index in [4.69, 9.17) is 14.2 Å². The monoisotopic (exact) mass is 294 g/mol. The number of hydrogen-bond acceptors (Lipinski definition) is 5. The Bertz CT molecular complexity index is 440. The van der Waals surface area contributed by atoms with Gasteiger partial charge < -0.3 is 24.4 Å². The summed E-state index contributed by atoms with van der Waals surface area (Å²) in [6, 6.07) is 4.61. The fourth-order valence-electron chi connectivity index (χ4n) is 2.69. The van der Waals surface area contributed by atoms with Gasteiger partial charge in [-0.2, -0.15) is 0 Å².